The molecule has 0 aliphatic carbocycles. The van der Waals surface area contributed by atoms with Crippen molar-refractivity contribution >= 4 is 22.7 Å². The van der Waals surface area contributed by atoms with E-state index in [1.807, 2.05) is 24.3 Å². The number of thiophene rings is 2. The van der Waals surface area contributed by atoms with Crippen LogP contribution in [0.1, 0.15) is 0 Å². The second-order valence-corrected chi connectivity index (χ2v) is 10.2. The zero-order valence-electron chi connectivity index (χ0n) is 20.5. The summed E-state index contributed by atoms with van der Waals surface area (Å²) in [5.74, 6) is 3.32. The third-order valence-electron chi connectivity index (χ3n) is 6.01. The van der Waals surface area contributed by atoms with Crippen molar-refractivity contribution in [3.8, 4) is 64.8 Å². The highest BCUT2D eigenvalue weighted by Gasteiger charge is 2.18. The third-order valence-corrected chi connectivity index (χ3v) is 8.35. The van der Waals surface area contributed by atoms with E-state index in [1.54, 1.807) is 51.1 Å². The minimum absolute atomic E-state index is 0.813. The van der Waals surface area contributed by atoms with Crippen molar-refractivity contribution in [1.29, 1.82) is 0 Å². The predicted molar refractivity (Wildman–Crippen MR) is 150 cm³/mol. The Bertz CT molecular complexity index is 1350. The Labute approximate surface area is 219 Å². The van der Waals surface area contributed by atoms with E-state index in [-0.39, 0.29) is 0 Å². The molecule has 2 heterocycles. The van der Waals surface area contributed by atoms with Crippen LogP contribution in [0, 0.1) is 0 Å². The summed E-state index contributed by atoms with van der Waals surface area (Å²) in [5.41, 5.74) is 4.32. The van der Waals surface area contributed by atoms with Gasteiger partial charge in [0.25, 0.3) is 0 Å². The summed E-state index contributed by atoms with van der Waals surface area (Å²) in [6.45, 7) is 0. The maximum Gasteiger partial charge on any atom is 0.128 e. The maximum atomic E-state index is 5.85. The molecule has 0 aliphatic rings. The van der Waals surface area contributed by atoms with Crippen molar-refractivity contribution in [3.05, 3.63) is 84.9 Å². The first-order valence-electron chi connectivity index (χ1n) is 11.4. The van der Waals surface area contributed by atoms with Crippen molar-refractivity contribution in [3.63, 3.8) is 0 Å². The van der Waals surface area contributed by atoms with E-state index in [4.69, 9.17) is 18.9 Å². The zero-order chi connectivity index (χ0) is 25.1. The Hall–Kier alpha value is -3.74. The van der Waals surface area contributed by atoms with Gasteiger partial charge >= 0.3 is 0 Å². The summed E-state index contributed by atoms with van der Waals surface area (Å²) < 4.78 is 22.3. The first kappa shape index (κ1) is 24.0. The number of hydrogen-bond donors (Lipinski definition) is 0. The van der Waals surface area contributed by atoms with Crippen LogP contribution in [0.2, 0.25) is 0 Å². The quantitative estimate of drug-likeness (QED) is 0.208. The van der Waals surface area contributed by atoms with Gasteiger partial charge in [-0.25, -0.2) is 0 Å². The van der Waals surface area contributed by atoms with Crippen LogP contribution in [0.15, 0.2) is 84.9 Å². The molecule has 0 fully saturated rings. The molecular formula is C30H26O4S2. The van der Waals surface area contributed by atoms with E-state index in [0.717, 1.165) is 55.0 Å². The van der Waals surface area contributed by atoms with Gasteiger partial charge in [-0.15, -0.1) is 22.7 Å². The summed E-state index contributed by atoms with van der Waals surface area (Å²) >= 11 is 3.45. The largest absolute Gasteiger partial charge is 0.497 e. The standard InChI is InChI=1S/C30H26O4S2/c1-31-21-9-5-19(6-10-21)27-13-15-29(35-27)23-17-26(34-4)24(18-25(23)33-3)30-16-14-28(36-30)20-7-11-22(32-2)12-8-20/h5-18H,1-4H3. The molecule has 182 valence electrons. The smallest absolute Gasteiger partial charge is 0.128 e. The summed E-state index contributed by atoms with van der Waals surface area (Å²) in [7, 11) is 6.78. The van der Waals surface area contributed by atoms with E-state index < -0.39 is 0 Å². The van der Waals surface area contributed by atoms with Crippen molar-refractivity contribution in [2.75, 3.05) is 28.4 Å². The number of methoxy groups -OCH3 is 4. The Morgan fingerprint density at radius 3 is 1.11 bits per heavy atom. The molecule has 0 atom stereocenters. The van der Waals surface area contributed by atoms with Gasteiger partial charge in [0, 0.05) is 30.6 Å². The molecule has 5 rings (SSSR count). The first-order valence-corrected chi connectivity index (χ1v) is 13.0. The SMILES string of the molecule is COc1ccc(-c2ccc(-c3cc(OC)c(-c4ccc(-c5ccc(OC)cc5)s4)cc3OC)s2)cc1. The molecule has 5 aromatic rings. The second kappa shape index (κ2) is 10.5. The molecule has 0 saturated heterocycles. The molecular weight excluding hydrogens is 488 g/mol. The molecule has 0 saturated carbocycles. The van der Waals surface area contributed by atoms with Crippen LogP contribution in [-0.4, -0.2) is 28.4 Å². The minimum Gasteiger partial charge on any atom is -0.497 e. The fourth-order valence-electron chi connectivity index (χ4n) is 4.07. The molecule has 0 N–H and O–H groups in total. The van der Waals surface area contributed by atoms with E-state index in [9.17, 15) is 0 Å². The molecule has 2 aromatic heterocycles. The van der Waals surface area contributed by atoms with Gasteiger partial charge in [0.1, 0.15) is 23.0 Å². The lowest BCUT2D eigenvalue weighted by Gasteiger charge is -2.13. The normalized spacial score (nSPS) is 10.8. The number of hydrogen-bond acceptors (Lipinski definition) is 6. The highest BCUT2D eigenvalue weighted by atomic mass is 32.1. The number of benzene rings is 3. The molecule has 0 spiro atoms. The summed E-state index contributed by atoms with van der Waals surface area (Å²) in [6.07, 6.45) is 0. The van der Waals surface area contributed by atoms with Crippen LogP contribution >= 0.6 is 22.7 Å². The summed E-state index contributed by atoms with van der Waals surface area (Å²) in [5, 5.41) is 0. The molecule has 0 unspecified atom stereocenters. The van der Waals surface area contributed by atoms with E-state index >= 15 is 0 Å². The van der Waals surface area contributed by atoms with Gasteiger partial charge in [-0.3, -0.25) is 0 Å². The number of rotatable bonds is 8. The van der Waals surface area contributed by atoms with Gasteiger partial charge in [0.05, 0.1) is 28.4 Å². The molecule has 0 radical (unpaired) electrons. The van der Waals surface area contributed by atoms with Crippen LogP contribution < -0.4 is 18.9 Å². The summed E-state index contributed by atoms with van der Waals surface area (Å²) in [4.78, 5) is 4.60. The molecule has 0 bridgehead atoms. The van der Waals surface area contributed by atoms with Crippen LogP contribution in [0.3, 0.4) is 0 Å². The van der Waals surface area contributed by atoms with Crippen LogP contribution in [0.25, 0.3) is 41.8 Å². The highest BCUT2D eigenvalue weighted by Crippen LogP contribution is 2.46. The molecule has 0 amide bonds. The van der Waals surface area contributed by atoms with Gasteiger partial charge in [0.2, 0.25) is 0 Å². The fourth-order valence-corrected chi connectivity index (χ4v) is 6.13. The van der Waals surface area contributed by atoms with Crippen molar-refractivity contribution < 1.29 is 18.9 Å². The fraction of sp³-hybridized carbons (Fsp3) is 0.133. The van der Waals surface area contributed by atoms with Crippen LogP contribution in [0.5, 0.6) is 23.0 Å². The lowest BCUT2D eigenvalue weighted by Crippen LogP contribution is -1.92. The van der Waals surface area contributed by atoms with Crippen molar-refractivity contribution in [2.24, 2.45) is 0 Å². The lowest BCUT2D eigenvalue weighted by atomic mass is 10.1. The molecule has 3 aromatic carbocycles. The third kappa shape index (κ3) is 4.70. The average Bonchev–Trinajstić information content (AvgIpc) is 3.63. The molecule has 36 heavy (non-hydrogen) atoms. The Balaban J connectivity index is 1.49. The Kier molecular flexibility index (Phi) is 6.98. The lowest BCUT2D eigenvalue weighted by molar-refractivity contribution is 0.406. The van der Waals surface area contributed by atoms with E-state index in [2.05, 4.69) is 60.7 Å². The number of ether oxygens (including phenoxy) is 4. The second-order valence-electron chi connectivity index (χ2n) is 8.04. The first-order chi connectivity index (χ1) is 17.6. The van der Waals surface area contributed by atoms with E-state index in [1.165, 1.54) is 9.75 Å². The van der Waals surface area contributed by atoms with Gasteiger partial charge in [-0.1, -0.05) is 0 Å². The van der Waals surface area contributed by atoms with Crippen molar-refractivity contribution in [2.45, 2.75) is 0 Å². The van der Waals surface area contributed by atoms with Crippen LogP contribution in [0.4, 0.5) is 0 Å². The van der Waals surface area contributed by atoms with Gasteiger partial charge < -0.3 is 18.9 Å². The highest BCUT2D eigenvalue weighted by molar-refractivity contribution is 7.19. The monoisotopic (exact) mass is 514 g/mol. The van der Waals surface area contributed by atoms with E-state index in [0.29, 0.717) is 0 Å². The molecule has 6 heteroatoms. The summed E-state index contributed by atoms with van der Waals surface area (Å²) in [6, 6.07) is 28.9. The minimum atomic E-state index is 0.813. The Morgan fingerprint density at radius 2 is 0.778 bits per heavy atom. The van der Waals surface area contributed by atoms with Gasteiger partial charge in [-0.2, -0.15) is 0 Å². The van der Waals surface area contributed by atoms with Gasteiger partial charge in [0.15, 0.2) is 0 Å². The molecule has 0 aliphatic heterocycles. The Morgan fingerprint density at radius 1 is 0.417 bits per heavy atom. The topological polar surface area (TPSA) is 36.9 Å². The van der Waals surface area contributed by atoms with Gasteiger partial charge in [-0.05, 0) is 96.1 Å². The van der Waals surface area contributed by atoms with Crippen molar-refractivity contribution in [1.82, 2.24) is 0 Å². The molecule has 4 nitrogen and oxygen atoms in total. The zero-order valence-corrected chi connectivity index (χ0v) is 22.2. The average molecular weight is 515 g/mol. The van der Waals surface area contributed by atoms with Crippen LogP contribution in [-0.2, 0) is 0 Å². The maximum absolute atomic E-state index is 5.85. The predicted octanol–water partition coefficient (Wildman–Crippen LogP) is 8.51.